The summed E-state index contributed by atoms with van der Waals surface area (Å²) in [6, 6.07) is 0. The van der Waals surface area contributed by atoms with E-state index in [2.05, 4.69) is 6.92 Å². The molecule has 0 aromatic rings. The van der Waals surface area contributed by atoms with Crippen LogP contribution in [0.2, 0.25) is 0 Å². The van der Waals surface area contributed by atoms with Crippen molar-refractivity contribution in [1.29, 1.82) is 0 Å². The van der Waals surface area contributed by atoms with Crippen LogP contribution in [0.3, 0.4) is 0 Å². The lowest BCUT2D eigenvalue weighted by Gasteiger charge is -2.23. The van der Waals surface area contributed by atoms with E-state index in [9.17, 15) is 0 Å². The van der Waals surface area contributed by atoms with E-state index >= 15 is 0 Å². The van der Waals surface area contributed by atoms with Gasteiger partial charge < -0.3 is 0 Å². The molecule has 4 saturated carbocycles. The normalized spacial score (nSPS) is 83.0. The molecule has 48 valence electrons. The van der Waals surface area contributed by atoms with Crippen LogP contribution in [0.4, 0.5) is 0 Å². The van der Waals surface area contributed by atoms with Gasteiger partial charge in [-0.25, -0.2) is 0 Å². The Kier molecular flexibility index (Phi) is 0.302. The van der Waals surface area contributed by atoms with Gasteiger partial charge in [0, 0.05) is 0 Å². The van der Waals surface area contributed by atoms with Gasteiger partial charge in [0.2, 0.25) is 0 Å². The third-order valence-electron chi connectivity index (χ3n) is 4.77. The first-order chi connectivity index (χ1) is 4.42. The maximum atomic E-state index is 2.31. The minimum absolute atomic E-state index is 1.06. The molecule has 0 saturated heterocycles. The summed E-state index contributed by atoms with van der Waals surface area (Å²) in [4.78, 5) is 0. The molecule has 0 nitrogen and oxygen atoms in total. The van der Waals surface area contributed by atoms with E-state index in [0.717, 1.165) is 10.8 Å². The fourth-order valence-corrected chi connectivity index (χ4v) is 4.15. The first-order valence-corrected chi connectivity index (χ1v) is 4.42. The van der Waals surface area contributed by atoms with Gasteiger partial charge in [0.15, 0.2) is 0 Å². The Balaban J connectivity index is 1.53. The molecule has 0 N–H and O–H groups in total. The van der Waals surface area contributed by atoms with Crippen molar-refractivity contribution < 1.29 is 0 Å². The van der Waals surface area contributed by atoms with E-state index in [1.54, 1.807) is 6.42 Å². The van der Waals surface area contributed by atoms with Crippen molar-refractivity contribution in [2.75, 3.05) is 0 Å². The molecule has 0 aliphatic heterocycles. The zero-order chi connectivity index (χ0) is 5.85. The molecule has 0 aromatic carbocycles. The Morgan fingerprint density at radius 1 is 1.33 bits per heavy atom. The van der Waals surface area contributed by atoms with Crippen LogP contribution in [0.1, 0.15) is 26.2 Å². The maximum Gasteiger partial charge on any atom is -0.0127 e. The predicted molar refractivity (Wildman–Crippen MR) is 34.9 cm³/mol. The number of fused-ring (bicyclic) bond motifs is 4. The van der Waals surface area contributed by atoms with E-state index in [1.807, 2.05) is 0 Å². The summed E-state index contributed by atoms with van der Waals surface area (Å²) in [5.74, 6) is 3.97. The molecule has 1 spiro atoms. The SMILES string of the molecule is CCCCC12C3C4C1C432. The van der Waals surface area contributed by atoms with Crippen molar-refractivity contribution >= 4 is 0 Å². The van der Waals surface area contributed by atoms with Gasteiger partial charge in [-0.15, -0.1) is 0 Å². The zero-order valence-corrected chi connectivity index (χ0v) is 5.85. The summed E-state index contributed by atoms with van der Waals surface area (Å²) in [6.45, 7) is 2.31. The molecule has 4 rings (SSSR count). The largest absolute Gasteiger partial charge is 0.0654 e. The third kappa shape index (κ3) is 0.149. The van der Waals surface area contributed by atoms with Crippen molar-refractivity contribution in [3.63, 3.8) is 0 Å². The molecule has 0 heterocycles. The van der Waals surface area contributed by atoms with Crippen LogP contribution in [0.5, 0.6) is 0 Å². The minimum Gasteiger partial charge on any atom is -0.0654 e. The second-order valence-corrected chi connectivity index (χ2v) is 4.56. The first-order valence-electron chi connectivity index (χ1n) is 4.42. The van der Waals surface area contributed by atoms with Crippen LogP contribution in [-0.2, 0) is 0 Å². The highest BCUT2D eigenvalue weighted by Gasteiger charge is 3.28. The molecule has 0 bridgehead atoms. The smallest absolute Gasteiger partial charge is 0.0127 e. The highest BCUT2D eigenvalue weighted by Crippen LogP contribution is 3.31. The zero-order valence-electron chi connectivity index (χ0n) is 5.85. The topological polar surface area (TPSA) is 0 Å². The summed E-state index contributed by atoms with van der Waals surface area (Å²) < 4.78 is 0. The highest BCUT2D eigenvalue weighted by atomic mass is 15.3. The molecule has 0 amide bonds. The van der Waals surface area contributed by atoms with Crippen LogP contribution >= 0.6 is 0 Å². The second-order valence-electron chi connectivity index (χ2n) is 4.56. The molecule has 4 aliphatic rings. The van der Waals surface area contributed by atoms with Gasteiger partial charge in [-0.2, -0.15) is 0 Å². The Morgan fingerprint density at radius 3 is 2.33 bits per heavy atom. The van der Waals surface area contributed by atoms with Crippen LogP contribution < -0.4 is 0 Å². The molecular weight excluding hydrogens is 108 g/mol. The van der Waals surface area contributed by atoms with Crippen LogP contribution in [0.25, 0.3) is 0 Å². The Hall–Kier alpha value is 0. The van der Waals surface area contributed by atoms with E-state index in [4.69, 9.17) is 0 Å². The monoisotopic (exact) mass is 120 g/mol. The Labute approximate surface area is 55.6 Å². The number of hydrogen-bond acceptors (Lipinski definition) is 0. The van der Waals surface area contributed by atoms with Crippen molar-refractivity contribution in [2.24, 2.45) is 28.6 Å². The van der Waals surface area contributed by atoms with Gasteiger partial charge in [0.25, 0.3) is 0 Å². The summed E-state index contributed by atoms with van der Waals surface area (Å²) in [7, 11) is 0. The van der Waals surface area contributed by atoms with Gasteiger partial charge in [0.05, 0.1) is 0 Å². The molecule has 0 radical (unpaired) electrons. The molecule has 4 aliphatic carbocycles. The lowest BCUT2D eigenvalue weighted by Crippen LogP contribution is -2.17. The molecule has 2 atom stereocenters. The first kappa shape index (κ1) is 4.00. The Morgan fingerprint density at radius 2 is 2.00 bits per heavy atom. The van der Waals surface area contributed by atoms with Gasteiger partial charge in [-0.3, -0.25) is 0 Å². The number of hydrogen-bond donors (Lipinski definition) is 0. The van der Waals surface area contributed by atoms with Crippen molar-refractivity contribution in [3.8, 4) is 0 Å². The lowest BCUT2D eigenvalue weighted by atomic mass is 9.81. The number of unbranched alkanes of at least 4 members (excludes halogenated alkanes) is 1. The fraction of sp³-hybridized carbons (Fsp3) is 1.00. The molecule has 4 fully saturated rings. The highest BCUT2D eigenvalue weighted by molar-refractivity contribution is 5.74. The molecule has 0 heteroatoms. The van der Waals surface area contributed by atoms with E-state index in [1.165, 1.54) is 30.6 Å². The van der Waals surface area contributed by atoms with E-state index < -0.39 is 0 Å². The maximum absolute atomic E-state index is 2.31. The van der Waals surface area contributed by atoms with Gasteiger partial charge in [0.1, 0.15) is 0 Å². The quantitative estimate of drug-likeness (QED) is 0.534. The van der Waals surface area contributed by atoms with E-state index in [0.29, 0.717) is 0 Å². The van der Waals surface area contributed by atoms with Crippen LogP contribution in [0, 0.1) is 28.6 Å². The van der Waals surface area contributed by atoms with Gasteiger partial charge in [-0.05, 0) is 35.0 Å². The predicted octanol–water partition coefficient (Wildman–Crippen LogP) is 2.05. The molecular formula is C9H12. The number of rotatable bonds is 3. The average molecular weight is 120 g/mol. The molecule has 2 unspecified atom stereocenters. The molecule has 0 aromatic heterocycles. The van der Waals surface area contributed by atoms with Gasteiger partial charge >= 0.3 is 0 Å². The van der Waals surface area contributed by atoms with E-state index in [-0.39, 0.29) is 0 Å². The summed E-state index contributed by atoms with van der Waals surface area (Å²) >= 11 is 0. The summed E-state index contributed by atoms with van der Waals surface area (Å²) in [6.07, 6.45) is 4.54. The minimum atomic E-state index is 1.06. The lowest BCUT2D eigenvalue weighted by molar-refractivity contribution is 0.247. The van der Waals surface area contributed by atoms with Crippen molar-refractivity contribution in [2.45, 2.75) is 26.2 Å². The third-order valence-corrected chi connectivity index (χ3v) is 4.77. The van der Waals surface area contributed by atoms with Crippen molar-refractivity contribution in [3.05, 3.63) is 0 Å². The molecule has 9 heavy (non-hydrogen) atoms. The summed E-state index contributed by atoms with van der Waals surface area (Å²) in [5.41, 5.74) is 2.18. The summed E-state index contributed by atoms with van der Waals surface area (Å²) in [5, 5.41) is 0. The van der Waals surface area contributed by atoms with Gasteiger partial charge in [-0.1, -0.05) is 19.8 Å². The fourth-order valence-electron chi connectivity index (χ4n) is 4.15. The Bertz CT molecular complexity index is 204. The second kappa shape index (κ2) is 0.681. The average Bonchev–Trinajstić information content (AvgIpc) is 2.49. The standard InChI is InChI=1S/C9H12/c1-2-3-4-8-6-5-7(8)9(5,6)8/h5-7H,2-4H2,1H3. The van der Waals surface area contributed by atoms with Crippen LogP contribution in [0.15, 0.2) is 0 Å². The van der Waals surface area contributed by atoms with Crippen molar-refractivity contribution in [1.82, 2.24) is 0 Å². The van der Waals surface area contributed by atoms with Crippen LogP contribution in [-0.4, -0.2) is 0 Å².